The molecule has 2 aliphatic rings. The minimum absolute atomic E-state index is 0.100. The van der Waals surface area contributed by atoms with Crippen molar-refractivity contribution in [3.05, 3.63) is 45.9 Å². The zero-order valence-electron chi connectivity index (χ0n) is 15.0. The number of thiophene rings is 1. The van der Waals surface area contributed by atoms with Crippen molar-refractivity contribution in [3.8, 4) is 16.9 Å². The molecule has 28 heavy (non-hydrogen) atoms. The van der Waals surface area contributed by atoms with Crippen molar-refractivity contribution in [1.82, 2.24) is 9.88 Å². The van der Waals surface area contributed by atoms with E-state index in [4.69, 9.17) is 16.3 Å². The van der Waals surface area contributed by atoms with E-state index in [1.807, 2.05) is 24.3 Å². The highest BCUT2D eigenvalue weighted by Crippen LogP contribution is 2.41. The third-order valence-corrected chi connectivity index (χ3v) is 6.58. The fraction of sp³-hybridized carbons (Fsp3) is 0.286. The normalized spacial score (nSPS) is 16.5. The van der Waals surface area contributed by atoms with Crippen LogP contribution in [0.15, 0.2) is 30.5 Å². The van der Waals surface area contributed by atoms with Crippen LogP contribution in [0.4, 0.5) is 0 Å². The molecule has 3 aromatic rings. The van der Waals surface area contributed by atoms with Crippen LogP contribution in [0.2, 0.25) is 5.02 Å². The second-order valence-electron chi connectivity index (χ2n) is 7.04. The molecule has 1 aromatic carbocycles. The van der Waals surface area contributed by atoms with Gasteiger partial charge in [0.15, 0.2) is 0 Å². The van der Waals surface area contributed by atoms with Gasteiger partial charge in [0, 0.05) is 40.1 Å². The van der Waals surface area contributed by atoms with E-state index in [0.717, 1.165) is 44.8 Å². The first-order valence-electron chi connectivity index (χ1n) is 9.26. The van der Waals surface area contributed by atoms with Gasteiger partial charge in [-0.1, -0.05) is 11.6 Å². The Morgan fingerprint density at radius 2 is 1.93 bits per heavy atom. The number of carbonyl (C=O) groups excluding carboxylic acids is 2. The maximum Gasteiger partial charge on any atom is 0.230 e. The topological polar surface area (TPSA) is 59.5 Å². The van der Waals surface area contributed by atoms with Crippen LogP contribution < -0.4 is 4.74 Å². The van der Waals surface area contributed by atoms with Crippen LogP contribution in [-0.4, -0.2) is 28.3 Å². The van der Waals surface area contributed by atoms with E-state index in [-0.39, 0.29) is 11.8 Å². The van der Waals surface area contributed by atoms with Crippen LogP contribution in [0, 0.1) is 0 Å². The molecule has 2 aromatic heterocycles. The van der Waals surface area contributed by atoms with Crippen LogP contribution in [0.5, 0.6) is 5.75 Å². The van der Waals surface area contributed by atoms with E-state index < -0.39 is 0 Å². The molecule has 4 heterocycles. The largest absolute Gasteiger partial charge is 0.493 e. The number of ether oxygens (including phenoxy) is 1. The number of rotatable bonds is 3. The van der Waals surface area contributed by atoms with Crippen molar-refractivity contribution in [3.63, 3.8) is 0 Å². The molecule has 0 saturated carbocycles. The molecular weight excluding hydrogens is 396 g/mol. The minimum Gasteiger partial charge on any atom is -0.493 e. The number of imide groups is 1. The van der Waals surface area contributed by atoms with Crippen molar-refractivity contribution < 1.29 is 14.3 Å². The lowest BCUT2D eigenvalue weighted by molar-refractivity contribution is -0.138. The first-order chi connectivity index (χ1) is 13.6. The van der Waals surface area contributed by atoms with Crippen LogP contribution in [0.25, 0.3) is 21.3 Å². The summed E-state index contributed by atoms with van der Waals surface area (Å²) < 4.78 is 6.85. The summed E-state index contributed by atoms with van der Waals surface area (Å²) in [5.41, 5.74) is 4.16. The Labute approximate surface area is 170 Å². The summed E-state index contributed by atoms with van der Waals surface area (Å²) in [5.74, 6) is 0.650. The molecule has 0 bridgehead atoms. The van der Waals surface area contributed by atoms with Crippen molar-refractivity contribution in [1.29, 1.82) is 0 Å². The van der Waals surface area contributed by atoms with E-state index in [1.165, 1.54) is 10.5 Å². The van der Waals surface area contributed by atoms with Gasteiger partial charge in [-0.25, -0.2) is 0 Å². The molecule has 7 heteroatoms. The minimum atomic E-state index is -0.100. The van der Waals surface area contributed by atoms with Crippen molar-refractivity contribution in [2.45, 2.75) is 32.2 Å². The van der Waals surface area contributed by atoms with Crippen LogP contribution in [0.1, 0.15) is 29.7 Å². The molecule has 0 unspecified atom stereocenters. The highest BCUT2D eigenvalue weighted by Gasteiger charge is 2.29. The Morgan fingerprint density at radius 1 is 1.11 bits per heavy atom. The van der Waals surface area contributed by atoms with Gasteiger partial charge in [0.1, 0.15) is 5.75 Å². The second-order valence-corrected chi connectivity index (χ2v) is 8.61. The van der Waals surface area contributed by atoms with E-state index >= 15 is 0 Å². The third kappa shape index (κ3) is 2.97. The lowest BCUT2D eigenvalue weighted by Gasteiger charge is -2.21. The summed E-state index contributed by atoms with van der Waals surface area (Å²) in [5, 5.41) is 0.644. The number of likely N-dealkylation sites (tertiary alicyclic amines) is 1. The molecule has 5 rings (SSSR count). The summed E-state index contributed by atoms with van der Waals surface area (Å²) >= 11 is 7.93. The van der Waals surface area contributed by atoms with Gasteiger partial charge in [-0.05, 0) is 42.7 Å². The summed E-state index contributed by atoms with van der Waals surface area (Å²) in [7, 11) is 0. The quantitative estimate of drug-likeness (QED) is 0.590. The summed E-state index contributed by atoms with van der Waals surface area (Å²) in [4.78, 5) is 30.7. The van der Waals surface area contributed by atoms with Gasteiger partial charge in [-0.2, -0.15) is 0 Å². The Kier molecular flexibility index (Phi) is 4.33. The number of amides is 2. The Bertz CT molecular complexity index is 1110. The molecule has 0 spiro atoms. The molecule has 2 aliphatic heterocycles. The molecule has 1 saturated heterocycles. The Balaban J connectivity index is 1.60. The number of hydrogen-bond donors (Lipinski definition) is 0. The first kappa shape index (κ1) is 17.6. The van der Waals surface area contributed by atoms with Crippen LogP contribution in [-0.2, 0) is 22.6 Å². The molecule has 2 amide bonds. The SMILES string of the molecule is O=C1CCC(=O)N1Cc1cc2nccc(-c3cc(Cl)cc4c3CCCO4)c2s1. The summed E-state index contributed by atoms with van der Waals surface area (Å²) in [6.07, 6.45) is 4.33. The molecule has 0 radical (unpaired) electrons. The lowest BCUT2D eigenvalue weighted by atomic mass is 9.95. The maximum absolute atomic E-state index is 12.0. The molecule has 1 fully saturated rings. The lowest BCUT2D eigenvalue weighted by Crippen LogP contribution is -2.27. The average Bonchev–Trinajstić information content (AvgIpc) is 3.25. The summed E-state index contributed by atoms with van der Waals surface area (Å²) in [6.45, 7) is 1.02. The molecule has 0 aliphatic carbocycles. The highest BCUT2D eigenvalue weighted by molar-refractivity contribution is 7.19. The van der Waals surface area contributed by atoms with Gasteiger partial charge in [0.05, 0.1) is 23.4 Å². The van der Waals surface area contributed by atoms with E-state index in [2.05, 4.69) is 4.98 Å². The van der Waals surface area contributed by atoms with Crippen molar-refractivity contribution in [2.75, 3.05) is 6.61 Å². The first-order valence-corrected chi connectivity index (χ1v) is 10.5. The maximum atomic E-state index is 12.0. The number of benzene rings is 1. The number of hydrogen-bond acceptors (Lipinski definition) is 5. The van der Waals surface area contributed by atoms with E-state index in [1.54, 1.807) is 17.5 Å². The third-order valence-electron chi connectivity index (χ3n) is 5.22. The van der Waals surface area contributed by atoms with Crippen molar-refractivity contribution >= 4 is 45.0 Å². The molecule has 142 valence electrons. The van der Waals surface area contributed by atoms with Gasteiger partial charge < -0.3 is 4.74 Å². The van der Waals surface area contributed by atoms with Gasteiger partial charge in [0.25, 0.3) is 0 Å². The molecule has 0 N–H and O–H groups in total. The van der Waals surface area contributed by atoms with Gasteiger partial charge in [-0.3, -0.25) is 19.5 Å². The highest BCUT2D eigenvalue weighted by atomic mass is 35.5. The predicted octanol–water partition coefficient (Wildman–Crippen LogP) is 4.59. The standard InChI is InChI=1S/C21H17ClN2O3S/c22-12-8-16(14-2-1-7-27-18(14)9-12)15-5-6-23-17-10-13(28-21(15)17)11-24-19(25)3-4-20(24)26/h5-6,8-10H,1-4,7,11H2. The van der Waals surface area contributed by atoms with Gasteiger partial charge >= 0.3 is 0 Å². The fourth-order valence-electron chi connectivity index (χ4n) is 3.90. The number of pyridine rings is 1. The number of fused-ring (bicyclic) bond motifs is 2. The number of carbonyl (C=O) groups is 2. The van der Waals surface area contributed by atoms with Gasteiger partial charge in [-0.15, -0.1) is 11.3 Å². The number of halogens is 1. The van der Waals surface area contributed by atoms with E-state index in [9.17, 15) is 9.59 Å². The van der Waals surface area contributed by atoms with Crippen LogP contribution in [0.3, 0.4) is 0 Å². The molecular formula is C21H17ClN2O3S. The fourth-order valence-corrected chi connectivity index (χ4v) is 5.24. The molecule has 0 atom stereocenters. The number of nitrogens with zero attached hydrogens (tertiary/aromatic N) is 2. The average molecular weight is 413 g/mol. The van der Waals surface area contributed by atoms with Crippen molar-refractivity contribution in [2.24, 2.45) is 0 Å². The zero-order valence-corrected chi connectivity index (χ0v) is 16.6. The predicted molar refractivity (Wildman–Crippen MR) is 109 cm³/mol. The molecule has 5 nitrogen and oxygen atoms in total. The van der Waals surface area contributed by atoms with Crippen LogP contribution >= 0.6 is 22.9 Å². The zero-order chi connectivity index (χ0) is 19.3. The Morgan fingerprint density at radius 3 is 2.75 bits per heavy atom. The second kappa shape index (κ2) is 6.87. The smallest absolute Gasteiger partial charge is 0.230 e. The number of aromatic nitrogens is 1. The van der Waals surface area contributed by atoms with Gasteiger partial charge in [0.2, 0.25) is 11.8 Å². The summed E-state index contributed by atoms with van der Waals surface area (Å²) in [6, 6.07) is 7.82. The van der Waals surface area contributed by atoms with E-state index in [0.29, 0.717) is 31.0 Å². The monoisotopic (exact) mass is 412 g/mol. The Hall–Kier alpha value is -2.44.